The average Bonchev–Trinajstić information content (AvgIpc) is 1.84. The van der Waals surface area contributed by atoms with Crippen molar-refractivity contribution in [3.8, 4) is 0 Å². The van der Waals surface area contributed by atoms with Crippen LogP contribution in [-0.4, -0.2) is 13.2 Å². The van der Waals surface area contributed by atoms with Gasteiger partial charge in [-0.1, -0.05) is 19.8 Å². The van der Waals surface area contributed by atoms with E-state index in [0.29, 0.717) is 11.5 Å². The fourth-order valence-electron chi connectivity index (χ4n) is 3.05. The molecule has 0 N–H and O–H groups in total. The largest absolute Gasteiger partial charge is 0.381 e. The minimum Gasteiger partial charge on any atom is -0.381 e. The zero-order chi connectivity index (χ0) is 7.90. The van der Waals surface area contributed by atoms with E-state index in [4.69, 9.17) is 4.74 Å². The summed E-state index contributed by atoms with van der Waals surface area (Å²) in [6, 6.07) is 0. The monoisotopic (exact) mass is 154 g/mol. The van der Waals surface area contributed by atoms with Gasteiger partial charge in [0.05, 0.1) is 6.10 Å². The molecule has 0 aromatic carbocycles. The highest BCUT2D eigenvalue weighted by Gasteiger charge is 2.57. The molecule has 11 heavy (non-hydrogen) atoms. The number of rotatable bonds is 2. The number of methoxy groups -OCH3 is 1. The van der Waals surface area contributed by atoms with Crippen LogP contribution >= 0.6 is 0 Å². The molecule has 2 atom stereocenters. The predicted molar refractivity (Wildman–Crippen MR) is 45.5 cm³/mol. The number of ether oxygens (including phenoxy) is 1. The SMILES string of the molecule is CC[C@@H]1C[C@@H](OC)C12CCC2. The minimum absolute atomic E-state index is 0.612. The Hall–Kier alpha value is -0.0400. The number of hydrogen-bond acceptors (Lipinski definition) is 1. The molecule has 2 fully saturated rings. The van der Waals surface area contributed by atoms with E-state index in [1.807, 2.05) is 7.11 Å². The lowest BCUT2D eigenvalue weighted by Gasteiger charge is -2.61. The summed E-state index contributed by atoms with van der Waals surface area (Å²) in [5, 5.41) is 0. The van der Waals surface area contributed by atoms with Crippen LogP contribution in [0.15, 0.2) is 0 Å². The summed E-state index contributed by atoms with van der Waals surface area (Å²) in [6.45, 7) is 2.32. The van der Waals surface area contributed by atoms with E-state index in [1.54, 1.807) is 0 Å². The molecule has 2 rings (SSSR count). The van der Waals surface area contributed by atoms with E-state index >= 15 is 0 Å². The molecule has 0 unspecified atom stereocenters. The summed E-state index contributed by atoms with van der Waals surface area (Å²) >= 11 is 0. The van der Waals surface area contributed by atoms with Gasteiger partial charge in [0.2, 0.25) is 0 Å². The topological polar surface area (TPSA) is 9.23 Å². The van der Waals surface area contributed by atoms with Crippen molar-refractivity contribution >= 4 is 0 Å². The molecule has 0 saturated heterocycles. The molecular formula is C10H18O. The maximum atomic E-state index is 5.48. The molecule has 2 saturated carbocycles. The quantitative estimate of drug-likeness (QED) is 0.594. The summed E-state index contributed by atoms with van der Waals surface area (Å²) < 4.78 is 5.48. The Morgan fingerprint density at radius 2 is 2.18 bits per heavy atom. The zero-order valence-corrected chi connectivity index (χ0v) is 7.60. The van der Waals surface area contributed by atoms with Crippen LogP contribution in [-0.2, 0) is 4.74 Å². The molecule has 0 amide bonds. The second kappa shape index (κ2) is 2.48. The minimum atomic E-state index is 0.612. The second-order valence-electron chi connectivity index (χ2n) is 4.15. The highest BCUT2D eigenvalue weighted by atomic mass is 16.5. The van der Waals surface area contributed by atoms with E-state index in [2.05, 4.69) is 6.92 Å². The first-order valence-corrected chi connectivity index (χ1v) is 4.86. The molecule has 0 aliphatic heterocycles. The molecule has 1 spiro atoms. The van der Waals surface area contributed by atoms with Crippen molar-refractivity contribution in [2.24, 2.45) is 11.3 Å². The fourth-order valence-corrected chi connectivity index (χ4v) is 3.05. The van der Waals surface area contributed by atoms with Gasteiger partial charge in [0.15, 0.2) is 0 Å². The lowest BCUT2D eigenvalue weighted by atomic mass is 9.47. The van der Waals surface area contributed by atoms with Crippen molar-refractivity contribution in [3.63, 3.8) is 0 Å². The average molecular weight is 154 g/mol. The van der Waals surface area contributed by atoms with Gasteiger partial charge in [0.1, 0.15) is 0 Å². The first kappa shape index (κ1) is 7.60. The maximum absolute atomic E-state index is 5.48. The normalized spacial score (nSPS) is 39.8. The van der Waals surface area contributed by atoms with Crippen LogP contribution in [0.4, 0.5) is 0 Å². The molecule has 0 radical (unpaired) electrons. The van der Waals surface area contributed by atoms with Gasteiger partial charge in [-0.25, -0.2) is 0 Å². The maximum Gasteiger partial charge on any atom is 0.0633 e. The Bertz CT molecular complexity index is 137. The number of hydrogen-bond donors (Lipinski definition) is 0. The second-order valence-corrected chi connectivity index (χ2v) is 4.15. The molecular weight excluding hydrogens is 136 g/mol. The van der Waals surface area contributed by atoms with Crippen LogP contribution in [0.1, 0.15) is 39.0 Å². The van der Waals surface area contributed by atoms with Gasteiger partial charge in [-0.3, -0.25) is 0 Å². The van der Waals surface area contributed by atoms with Crippen molar-refractivity contribution in [2.45, 2.75) is 45.1 Å². The molecule has 64 valence electrons. The zero-order valence-electron chi connectivity index (χ0n) is 7.60. The lowest BCUT2D eigenvalue weighted by Crippen LogP contribution is -2.57. The Labute approximate surface area is 69.1 Å². The van der Waals surface area contributed by atoms with Gasteiger partial charge in [-0.05, 0) is 30.6 Å². The Kier molecular flexibility index (Phi) is 1.71. The van der Waals surface area contributed by atoms with Crippen LogP contribution in [0.2, 0.25) is 0 Å². The Balaban J connectivity index is 2.01. The molecule has 1 heteroatoms. The first-order valence-electron chi connectivity index (χ1n) is 4.86. The molecule has 2 aliphatic carbocycles. The van der Waals surface area contributed by atoms with E-state index in [1.165, 1.54) is 32.1 Å². The van der Waals surface area contributed by atoms with Crippen molar-refractivity contribution < 1.29 is 4.74 Å². The van der Waals surface area contributed by atoms with E-state index in [9.17, 15) is 0 Å². The van der Waals surface area contributed by atoms with Crippen molar-refractivity contribution in [3.05, 3.63) is 0 Å². The molecule has 0 heterocycles. The molecule has 1 nitrogen and oxygen atoms in total. The predicted octanol–water partition coefficient (Wildman–Crippen LogP) is 2.60. The fraction of sp³-hybridized carbons (Fsp3) is 1.00. The Morgan fingerprint density at radius 1 is 1.45 bits per heavy atom. The highest BCUT2D eigenvalue weighted by Crippen LogP contribution is 2.61. The van der Waals surface area contributed by atoms with Gasteiger partial charge >= 0.3 is 0 Å². The van der Waals surface area contributed by atoms with Gasteiger partial charge < -0.3 is 4.74 Å². The van der Waals surface area contributed by atoms with Crippen LogP contribution < -0.4 is 0 Å². The molecule has 0 aromatic rings. The van der Waals surface area contributed by atoms with E-state index in [0.717, 1.165) is 5.92 Å². The van der Waals surface area contributed by atoms with Crippen molar-refractivity contribution in [2.75, 3.05) is 7.11 Å². The molecule has 0 bridgehead atoms. The van der Waals surface area contributed by atoms with Gasteiger partial charge in [0.25, 0.3) is 0 Å². The third-order valence-electron chi connectivity index (χ3n) is 4.01. The van der Waals surface area contributed by atoms with Gasteiger partial charge in [-0.15, -0.1) is 0 Å². The van der Waals surface area contributed by atoms with E-state index < -0.39 is 0 Å². The smallest absolute Gasteiger partial charge is 0.0633 e. The van der Waals surface area contributed by atoms with Crippen LogP contribution in [0.25, 0.3) is 0 Å². The van der Waals surface area contributed by atoms with E-state index in [-0.39, 0.29) is 0 Å². The third-order valence-corrected chi connectivity index (χ3v) is 4.01. The molecule has 2 aliphatic rings. The van der Waals surface area contributed by atoms with Gasteiger partial charge in [-0.2, -0.15) is 0 Å². The summed E-state index contributed by atoms with van der Waals surface area (Å²) in [7, 11) is 1.87. The molecule has 0 aromatic heterocycles. The standard InChI is InChI=1S/C10H18O/c1-3-8-7-9(11-2)10(8)5-4-6-10/h8-9H,3-7H2,1-2H3/t8-,9-/m1/s1. The van der Waals surface area contributed by atoms with Gasteiger partial charge in [0, 0.05) is 7.11 Å². The van der Waals surface area contributed by atoms with Crippen molar-refractivity contribution in [1.29, 1.82) is 0 Å². The van der Waals surface area contributed by atoms with Crippen LogP contribution in [0, 0.1) is 11.3 Å². The summed E-state index contributed by atoms with van der Waals surface area (Å²) in [6.07, 6.45) is 7.61. The van der Waals surface area contributed by atoms with Crippen molar-refractivity contribution in [1.82, 2.24) is 0 Å². The van der Waals surface area contributed by atoms with Crippen LogP contribution in [0.3, 0.4) is 0 Å². The third kappa shape index (κ3) is 0.807. The summed E-state index contributed by atoms with van der Waals surface area (Å²) in [5.41, 5.74) is 0.656. The first-order chi connectivity index (χ1) is 5.33. The lowest BCUT2D eigenvalue weighted by molar-refractivity contribution is -0.185. The summed E-state index contributed by atoms with van der Waals surface area (Å²) in [5.74, 6) is 0.987. The Morgan fingerprint density at radius 3 is 2.55 bits per heavy atom. The van der Waals surface area contributed by atoms with Crippen LogP contribution in [0.5, 0.6) is 0 Å². The summed E-state index contributed by atoms with van der Waals surface area (Å²) in [4.78, 5) is 0. The highest BCUT2D eigenvalue weighted by molar-refractivity contribution is 5.07.